The highest BCUT2D eigenvalue weighted by molar-refractivity contribution is 6.32. The Morgan fingerprint density at radius 2 is 1.85 bits per heavy atom. The normalized spacial score (nSPS) is 22.7. The molecule has 10 nitrogen and oxygen atoms in total. The van der Waals surface area contributed by atoms with Crippen molar-refractivity contribution in [3.8, 4) is 23.7 Å². The van der Waals surface area contributed by atoms with Crippen LogP contribution in [0.2, 0.25) is 5.02 Å². The van der Waals surface area contributed by atoms with Crippen molar-refractivity contribution in [2.75, 3.05) is 19.0 Å². The highest BCUT2D eigenvalue weighted by Crippen LogP contribution is 2.51. The van der Waals surface area contributed by atoms with Gasteiger partial charge in [0.05, 0.1) is 35.5 Å². The van der Waals surface area contributed by atoms with Crippen LogP contribution in [-0.4, -0.2) is 60.9 Å². The lowest BCUT2D eigenvalue weighted by Crippen LogP contribution is -2.47. The van der Waals surface area contributed by atoms with Gasteiger partial charge in [0.15, 0.2) is 0 Å². The van der Waals surface area contributed by atoms with Crippen LogP contribution in [0.3, 0.4) is 0 Å². The quantitative estimate of drug-likeness (QED) is 0.134. The topological polar surface area (TPSA) is 130 Å². The average molecular weight is 768 g/mol. The smallest absolute Gasteiger partial charge is 0.413 e. The van der Waals surface area contributed by atoms with Gasteiger partial charge in [0.25, 0.3) is 0 Å². The molecule has 0 saturated carbocycles. The molecule has 2 aromatic carbocycles. The van der Waals surface area contributed by atoms with Gasteiger partial charge in [0.2, 0.25) is 12.2 Å². The summed E-state index contributed by atoms with van der Waals surface area (Å²) in [6, 6.07) is 9.04. The van der Waals surface area contributed by atoms with Gasteiger partial charge in [-0.1, -0.05) is 74.0 Å². The molecule has 282 valence electrons. The first-order valence-electron chi connectivity index (χ1n) is 17.3. The number of hydrogen-bond donors (Lipinski definition) is 2. The van der Waals surface area contributed by atoms with Gasteiger partial charge in [-0.2, -0.15) is 5.26 Å². The number of esters is 1. The van der Waals surface area contributed by atoms with Crippen molar-refractivity contribution in [1.29, 1.82) is 5.26 Å². The third kappa shape index (κ3) is 9.34. The van der Waals surface area contributed by atoms with Crippen LogP contribution < -0.4 is 15.4 Å². The van der Waals surface area contributed by atoms with E-state index < -0.39 is 59.4 Å². The van der Waals surface area contributed by atoms with Gasteiger partial charge in [-0.05, 0) is 69.0 Å². The number of nitriles is 1. The molecule has 53 heavy (non-hydrogen) atoms. The molecule has 0 aromatic heterocycles. The van der Waals surface area contributed by atoms with E-state index in [4.69, 9.17) is 37.4 Å². The van der Waals surface area contributed by atoms with E-state index in [-0.39, 0.29) is 44.1 Å². The van der Waals surface area contributed by atoms with E-state index in [1.54, 1.807) is 18.2 Å². The predicted molar refractivity (Wildman–Crippen MR) is 202 cm³/mol. The Kier molecular flexibility index (Phi) is 13.3. The number of hydrogen-bond acceptors (Lipinski definition) is 8. The van der Waals surface area contributed by atoms with Crippen molar-refractivity contribution in [3.63, 3.8) is 0 Å². The lowest BCUT2D eigenvalue weighted by Gasteiger charge is -2.38. The first-order chi connectivity index (χ1) is 24.9. The van der Waals surface area contributed by atoms with E-state index in [0.717, 1.165) is 6.07 Å². The number of carbonyl (C=O) groups excluding carboxylic acids is 3. The summed E-state index contributed by atoms with van der Waals surface area (Å²) in [7, 11) is 1.37. The second-order valence-corrected chi connectivity index (χ2v) is 15.3. The number of methoxy groups -OCH3 is 1. The number of anilines is 1. The molecule has 0 spiro atoms. The van der Waals surface area contributed by atoms with Gasteiger partial charge in [-0.3, -0.25) is 4.79 Å². The number of ether oxygens (including phenoxy) is 3. The number of nitrogens with one attached hydrogen (secondary N) is 2. The molecule has 2 aromatic rings. The summed E-state index contributed by atoms with van der Waals surface area (Å²) in [4.78, 5) is 41.5. The number of halogens is 3. The Morgan fingerprint density at radius 1 is 1.13 bits per heavy atom. The van der Waals surface area contributed by atoms with E-state index in [1.807, 2.05) is 41.5 Å². The van der Waals surface area contributed by atoms with Crippen LogP contribution >= 0.6 is 23.2 Å². The molecule has 13 heteroatoms. The Labute approximate surface area is 320 Å². The fourth-order valence-electron chi connectivity index (χ4n) is 6.91. The van der Waals surface area contributed by atoms with Gasteiger partial charge in [-0.25, -0.2) is 14.0 Å². The number of benzene rings is 2. The van der Waals surface area contributed by atoms with Gasteiger partial charge in [-0.15, -0.1) is 0 Å². The van der Waals surface area contributed by atoms with Crippen LogP contribution in [0, 0.1) is 46.2 Å². The highest BCUT2D eigenvalue weighted by Gasteiger charge is 2.61. The fourth-order valence-corrected chi connectivity index (χ4v) is 7.20. The van der Waals surface area contributed by atoms with E-state index in [2.05, 4.69) is 28.5 Å². The minimum atomic E-state index is -1.59. The third-order valence-corrected chi connectivity index (χ3v) is 9.67. The minimum Gasteiger partial charge on any atom is -0.495 e. The molecule has 0 bridgehead atoms. The fraction of sp³-hybridized carbons (Fsp3) is 0.450. The molecule has 1 aliphatic carbocycles. The zero-order valence-electron chi connectivity index (χ0n) is 31.1. The van der Waals surface area contributed by atoms with E-state index in [9.17, 15) is 19.6 Å². The number of carbonyl (C=O) groups is 3. The van der Waals surface area contributed by atoms with Crippen LogP contribution in [-0.2, 0) is 19.7 Å². The minimum absolute atomic E-state index is 0.0750. The monoisotopic (exact) mass is 766 g/mol. The summed E-state index contributed by atoms with van der Waals surface area (Å²) in [6.07, 6.45) is 3.66. The van der Waals surface area contributed by atoms with E-state index in [0.29, 0.717) is 13.0 Å². The summed E-state index contributed by atoms with van der Waals surface area (Å²) in [5.41, 5.74) is -1.55. The van der Waals surface area contributed by atoms with E-state index >= 15 is 4.39 Å². The summed E-state index contributed by atoms with van der Waals surface area (Å²) in [5.74, 6) is 2.50. The molecular weight excluding hydrogens is 722 g/mol. The predicted octanol–water partition coefficient (Wildman–Crippen LogP) is 7.96. The zero-order chi connectivity index (χ0) is 39.2. The first kappa shape index (κ1) is 41.2. The molecule has 1 fully saturated rings. The Bertz CT molecular complexity index is 1890. The zero-order valence-corrected chi connectivity index (χ0v) is 32.6. The van der Waals surface area contributed by atoms with Crippen LogP contribution in [0.25, 0.3) is 0 Å². The maximum atomic E-state index is 16.0. The largest absolute Gasteiger partial charge is 0.495 e. The van der Waals surface area contributed by atoms with Gasteiger partial charge >= 0.3 is 12.1 Å². The average Bonchev–Trinajstić information content (AvgIpc) is 3.22. The standard InChI is InChI=1S/C40H45Cl2FN4O6/c1-9-47(23(2)3)38(50)53-24(4)52-37(49)26-14-18-31(32(19-26)51-8)45-36(48)35-34(25-11-10-12-27(41)15-13-25)40(22-44,33(46-35)21-39(5,6)7)29-17-16-28(42)20-30(29)43/h10-12,14,16-20,23-25,33-35,46H,9,21H2,1-8H3,(H,45,48)/t24?,25?,33?,34?,35-,40+/m1/s1. The number of nitrogens with zero attached hydrogens (tertiary/aromatic N) is 2. The molecule has 2 N–H and O–H groups in total. The molecule has 1 heterocycles. The molecule has 0 radical (unpaired) electrons. The molecule has 4 rings (SSSR count). The van der Waals surface area contributed by atoms with Gasteiger partial charge < -0.3 is 29.7 Å². The maximum Gasteiger partial charge on any atom is 0.413 e. The lowest BCUT2D eigenvalue weighted by atomic mass is 9.61. The maximum absolute atomic E-state index is 16.0. The summed E-state index contributed by atoms with van der Waals surface area (Å²) < 4.78 is 32.2. The Hall–Kier alpha value is -4.55. The van der Waals surface area contributed by atoms with Crippen molar-refractivity contribution < 1.29 is 33.0 Å². The van der Waals surface area contributed by atoms with Crippen molar-refractivity contribution in [2.24, 2.45) is 17.3 Å². The summed E-state index contributed by atoms with van der Waals surface area (Å²) in [6.45, 7) is 13.4. The van der Waals surface area contributed by atoms with Crippen molar-refractivity contribution in [3.05, 3.63) is 81.6 Å². The SMILES string of the molecule is CCN(C(=O)OC(C)OC(=O)c1ccc(NC(=O)[C@@H]2NC(CC(C)(C)C)[C@](C#N)(c3ccc(Cl)cc3F)C2C2C#CC(Cl)=CC=C2)c(OC)c1)C(C)C. The molecule has 6 atom stereocenters. The number of allylic oxidation sites excluding steroid dienone is 4. The Morgan fingerprint density at radius 3 is 2.45 bits per heavy atom. The molecule has 4 unspecified atom stereocenters. The van der Waals surface area contributed by atoms with Gasteiger partial charge in [0, 0.05) is 48.0 Å². The van der Waals surface area contributed by atoms with Crippen molar-refractivity contribution >= 4 is 46.9 Å². The number of amides is 2. The van der Waals surface area contributed by atoms with Crippen LogP contribution in [0.1, 0.15) is 70.8 Å². The van der Waals surface area contributed by atoms with E-state index in [1.165, 1.54) is 49.3 Å². The van der Waals surface area contributed by atoms with Crippen LogP contribution in [0.5, 0.6) is 5.75 Å². The highest BCUT2D eigenvalue weighted by atomic mass is 35.5. The summed E-state index contributed by atoms with van der Waals surface area (Å²) in [5, 5.41) is 17.9. The summed E-state index contributed by atoms with van der Waals surface area (Å²) >= 11 is 12.4. The first-order valence-corrected chi connectivity index (χ1v) is 18.1. The van der Waals surface area contributed by atoms with Gasteiger partial charge in [0.1, 0.15) is 17.0 Å². The molecule has 1 aliphatic heterocycles. The lowest BCUT2D eigenvalue weighted by molar-refractivity contribution is -0.119. The molecular formula is C40H45Cl2FN4O6. The third-order valence-electron chi connectivity index (χ3n) is 9.22. The second-order valence-electron chi connectivity index (χ2n) is 14.4. The number of rotatable bonds is 11. The second kappa shape index (κ2) is 17.1. The Balaban J connectivity index is 1.70. The van der Waals surface area contributed by atoms with Crippen molar-refractivity contribution in [2.45, 2.75) is 84.7 Å². The van der Waals surface area contributed by atoms with Crippen LogP contribution in [0.4, 0.5) is 14.9 Å². The molecule has 2 amide bonds. The van der Waals surface area contributed by atoms with Crippen molar-refractivity contribution in [1.82, 2.24) is 10.2 Å². The van der Waals surface area contributed by atoms with Crippen LogP contribution in [0.15, 0.2) is 59.7 Å². The molecule has 1 saturated heterocycles. The molecule has 2 aliphatic rings.